The third-order valence-electron chi connectivity index (χ3n) is 0.993. The minimum Gasteiger partial charge on any atom is -0.269 e. The largest absolute Gasteiger partial charge is 0.270 e. The van der Waals surface area contributed by atoms with Gasteiger partial charge in [-0.15, -0.1) is 6.58 Å². The molecule has 0 unspecified atom stereocenters. The Morgan fingerprint density at radius 3 is 2.25 bits per heavy atom. The molecule has 0 amide bonds. The lowest BCUT2D eigenvalue weighted by Gasteiger charge is -2.16. The van der Waals surface area contributed by atoms with E-state index in [1.54, 1.807) is 0 Å². The summed E-state index contributed by atoms with van der Waals surface area (Å²) in [4.78, 5) is 0. The maximum Gasteiger partial charge on any atom is 0.270 e. The summed E-state index contributed by atoms with van der Waals surface area (Å²) in [6.45, 7) is 9.28. The smallest absolute Gasteiger partial charge is 0.269 e. The Hall–Kier alpha value is -0.350. The van der Waals surface area contributed by atoms with Gasteiger partial charge in [-0.2, -0.15) is 8.42 Å². The van der Waals surface area contributed by atoms with Gasteiger partial charge in [0.1, 0.15) is 0 Å². The summed E-state index contributed by atoms with van der Waals surface area (Å²) >= 11 is 0. The molecule has 12 heavy (non-hydrogen) atoms. The van der Waals surface area contributed by atoms with Gasteiger partial charge in [-0.1, -0.05) is 26.8 Å². The summed E-state index contributed by atoms with van der Waals surface area (Å²) in [6.07, 6.45) is 1.32. The Bertz CT molecular complexity index is 234. The van der Waals surface area contributed by atoms with Crippen molar-refractivity contribution in [2.45, 2.75) is 20.8 Å². The quantitative estimate of drug-likeness (QED) is 0.501. The average molecular weight is 192 g/mol. The second kappa shape index (κ2) is 4.05. The van der Waals surface area contributed by atoms with E-state index in [9.17, 15) is 8.42 Å². The van der Waals surface area contributed by atoms with Crippen LogP contribution >= 0.6 is 0 Å². The molecule has 72 valence electrons. The van der Waals surface area contributed by atoms with Gasteiger partial charge in [0.05, 0.1) is 12.4 Å². The molecule has 0 aliphatic heterocycles. The molecule has 3 nitrogen and oxygen atoms in total. The number of hydrogen-bond donors (Lipinski definition) is 0. The van der Waals surface area contributed by atoms with Gasteiger partial charge in [0, 0.05) is 0 Å². The lowest BCUT2D eigenvalue weighted by atomic mass is 9.99. The molecule has 0 spiro atoms. The molecule has 0 atom stereocenters. The standard InChI is InChI=1S/C8H16O3S/c1-5-6-12(9,10)11-7-8(2,3)4/h5H,1,6-7H2,2-4H3. The molecule has 0 fully saturated rings. The van der Waals surface area contributed by atoms with Crippen LogP contribution in [0.4, 0.5) is 0 Å². The minimum absolute atomic E-state index is 0.122. The molecule has 0 saturated heterocycles. The van der Waals surface area contributed by atoms with E-state index >= 15 is 0 Å². The molecule has 0 radical (unpaired) electrons. The van der Waals surface area contributed by atoms with Gasteiger partial charge < -0.3 is 0 Å². The maximum atomic E-state index is 11.0. The summed E-state index contributed by atoms with van der Waals surface area (Å²) in [5.74, 6) is -0.122. The van der Waals surface area contributed by atoms with Gasteiger partial charge in [0.2, 0.25) is 0 Å². The SMILES string of the molecule is C=CCS(=O)(=O)OCC(C)(C)C. The van der Waals surface area contributed by atoms with Crippen molar-refractivity contribution in [2.75, 3.05) is 12.4 Å². The first kappa shape index (κ1) is 11.6. The van der Waals surface area contributed by atoms with Crippen LogP contribution in [0.3, 0.4) is 0 Å². The van der Waals surface area contributed by atoms with Gasteiger partial charge in [0.25, 0.3) is 10.1 Å². The van der Waals surface area contributed by atoms with E-state index in [0.29, 0.717) is 0 Å². The molecular formula is C8H16O3S. The molecule has 0 heterocycles. The topological polar surface area (TPSA) is 43.4 Å². The fourth-order valence-electron chi connectivity index (χ4n) is 0.459. The van der Waals surface area contributed by atoms with Crippen molar-refractivity contribution >= 4 is 10.1 Å². The fraction of sp³-hybridized carbons (Fsp3) is 0.750. The first-order valence-electron chi connectivity index (χ1n) is 3.75. The van der Waals surface area contributed by atoms with E-state index in [1.165, 1.54) is 6.08 Å². The van der Waals surface area contributed by atoms with Gasteiger partial charge in [-0.3, -0.25) is 4.18 Å². The molecule has 0 N–H and O–H groups in total. The Balaban J connectivity index is 4.02. The second-order valence-corrected chi connectivity index (χ2v) is 5.52. The molecule has 0 aromatic rings. The normalized spacial score (nSPS) is 12.9. The molecule has 0 bridgehead atoms. The predicted octanol–water partition coefficient (Wildman–Crippen LogP) is 1.56. The Morgan fingerprint density at radius 2 is 1.92 bits per heavy atom. The van der Waals surface area contributed by atoms with Crippen molar-refractivity contribution in [3.8, 4) is 0 Å². The van der Waals surface area contributed by atoms with Gasteiger partial charge >= 0.3 is 0 Å². The Labute approximate surface area is 74.6 Å². The summed E-state index contributed by atoms with van der Waals surface area (Å²) in [5.41, 5.74) is -0.131. The van der Waals surface area contributed by atoms with E-state index < -0.39 is 10.1 Å². The van der Waals surface area contributed by atoms with Crippen molar-refractivity contribution in [1.82, 2.24) is 0 Å². The van der Waals surface area contributed by atoms with Crippen LogP contribution in [0.15, 0.2) is 12.7 Å². The van der Waals surface area contributed by atoms with Crippen LogP contribution in [-0.4, -0.2) is 20.8 Å². The third kappa shape index (κ3) is 6.37. The lowest BCUT2D eigenvalue weighted by Crippen LogP contribution is -2.19. The molecular weight excluding hydrogens is 176 g/mol. The van der Waals surface area contributed by atoms with Crippen LogP contribution < -0.4 is 0 Å². The Kier molecular flexibility index (Phi) is 3.93. The summed E-state index contributed by atoms with van der Waals surface area (Å²) in [6, 6.07) is 0. The van der Waals surface area contributed by atoms with Crippen LogP contribution in [0, 0.1) is 5.41 Å². The molecule has 4 heteroatoms. The van der Waals surface area contributed by atoms with Crippen LogP contribution in [0.25, 0.3) is 0 Å². The first-order chi connectivity index (χ1) is 5.27. The number of rotatable bonds is 4. The van der Waals surface area contributed by atoms with Crippen LogP contribution in [0.1, 0.15) is 20.8 Å². The zero-order valence-electron chi connectivity index (χ0n) is 7.83. The second-order valence-electron chi connectivity index (χ2n) is 3.84. The van der Waals surface area contributed by atoms with Crippen molar-refractivity contribution in [1.29, 1.82) is 0 Å². The van der Waals surface area contributed by atoms with E-state index in [-0.39, 0.29) is 17.8 Å². The van der Waals surface area contributed by atoms with Crippen LogP contribution in [-0.2, 0) is 14.3 Å². The monoisotopic (exact) mass is 192 g/mol. The van der Waals surface area contributed by atoms with Gasteiger partial charge in [-0.05, 0) is 5.41 Å². The van der Waals surface area contributed by atoms with E-state index in [2.05, 4.69) is 6.58 Å². The molecule has 0 aromatic heterocycles. The maximum absolute atomic E-state index is 11.0. The summed E-state index contributed by atoms with van der Waals surface area (Å²) < 4.78 is 26.7. The lowest BCUT2D eigenvalue weighted by molar-refractivity contribution is 0.204. The van der Waals surface area contributed by atoms with Gasteiger partial charge in [0.15, 0.2) is 0 Å². The van der Waals surface area contributed by atoms with Crippen LogP contribution in [0.2, 0.25) is 0 Å². The fourth-order valence-corrected chi connectivity index (χ4v) is 1.38. The van der Waals surface area contributed by atoms with Gasteiger partial charge in [-0.25, -0.2) is 0 Å². The van der Waals surface area contributed by atoms with E-state index in [4.69, 9.17) is 4.18 Å². The molecule has 0 aromatic carbocycles. The summed E-state index contributed by atoms with van der Waals surface area (Å²) in [5, 5.41) is 0. The van der Waals surface area contributed by atoms with Crippen molar-refractivity contribution in [3.05, 3.63) is 12.7 Å². The molecule has 0 rings (SSSR count). The highest BCUT2D eigenvalue weighted by Crippen LogP contribution is 2.14. The third-order valence-corrected chi connectivity index (χ3v) is 2.11. The minimum atomic E-state index is -3.38. The number of hydrogen-bond acceptors (Lipinski definition) is 3. The van der Waals surface area contributed by atoms with E-state index in [0.717, 1.165) is 0 Å². The van der Waals surface area contributed by atoms with Crippen molar-refractivity contribution < 1.29 is 12.6 Å². The summed E-state index contributed by atoms with van der Waals surface area (Å²) in [7, 11) is -3.38. The first-order valence-corrected chi connectivity index (χ1v) is 5.32. The highest BCUT2D eigenvalue weighted by molar-refractivity contribution is 7.86. The molecule has 0 saturated carbocycles. The van der Waals surface area contributed by atoms with Crippen molar-refractivity contribution in [3.63, 3.8) is 0 Å². The Morgan fingerprint density at radius 1 is 1.42 bits per heavy atom. The predicted molar refractivity (Wildman–Crippen MR) is 49.4 cm³/mol. The van der Waals surface area contributed by atoms with Crippen molar-refractivity contribution in [2.24, 2.45) is 5.41 Å². The zero-order valence-corrected chi connectivity index (χ0v) is 8.65. The average Bonchev–Trinajstić information content (AvgIpc) is 1.83. The molecule has 0 aliphatic carbocycles. The molecule has 0 aliphatic rings. The highest BCUT2D eigenvalue weighted by atomic mass is 32.2. The van der Waals surface area contributed by atoms with E-state index in [1.807, 2.05) is 20.8 Å². The van der Waals surface area contributed by atoms with Crippen LogP contribution in [0.5, 0.6) is 0 Å². The zero-order chi connectivity index (χ0) is 9.83. The highest BCUT2D eigenvalue weighted by Gasteiger charge is 2.16.